The molecule has 0 atom stereocenters. The molecule has 0 unspecified atom stereocenters. The van der Waals surface area contributed by atoms with Gasteiger partial charge in [0.15, 0.2) is 5.78 Å². The van der Waals surface area contributed by atoms with Gasteiger partial charge in [0.2, 0.25) is 0 Å². The van der Waals surface area contributed by atoms with Crippen LogP contribution < -0.4 is 0 Å². The summed E-state index contributed by atoms with van der Waals surface area (Å²) in [7, 11) is 0. The highest BCUT2D eigenvalue weighted by atomic mass is 35.5. The highest BCUT2D eigenvalue weighted by Crippen LogP contribution is 2.12. The highest BCUT2D eigenvalue weighted by Gasteiger charge is 2.09. The van der Waals surface area contributed by atoms with Gasteiger partial charge in [-0.15, -0.1) is 11.6 Å². The average molecular weight is 240 g/mol. The minimum absolute atomic E-state index is 0.0442. The van der Waals surface area contributed by atoms with Crippen LogP contribution in [0, 0.1) is 17.1 Å². The standard InChI is InChI=1S/C12H11ClFNO/c13-6-2-1-3-12(16)9-4-5-10(8-15)11(14)7-9/h4-5,7H,1-3,6H2. The van der Waals surface area contributed by atoms with E-state index in [1.165, 1.54) is 12.1 Å². The molecular formula is C12H11ClFNO. The van der Waals surface area contributed by atoms with Crippen LogP contribution in [-0.4, -0.2) is 11.7 Å². The van der Waals surface area contributed by atoms with Crippen molar-refractivity contribution in [2.45, 2.75) is 19.3 Å². The summed E-state index contributed by atoms with van der Waals surface area (Å²) in [5.41, 5.74) is 0.267. The van der Waals surface area contributed by atoms with E-state index in [0.717, 1.165) is 12.5 Å². The maximum absolute atomic E-state index is 13.2. The number of carbonyl (C=O) groups excluding carboxylic acids is 1. The van der Waals surface area contributed by atoms with Gasteiger partial charge in [0.1, 0.15) is 11.9 Å². The van der Waals surface area contributed by atoms with Gasteiger partial charge in [-0.3, -0.25) is 4.79 Å². The summed E-state index contributed by atoms with van der Waals surface area (Å²) >= 11 is 5.49. The van der Waals surface area contributed by atoms with Gasteiger partial charge in [-0.25, -0.2) is 4.39 Å². The molecule has 84 valence electrons. The molecule has 0 spiro atoms. The molecule has 1 aromatic rings. The molecule has 0 aliphatic rings. The van der Waals surface area contributed by atoms with E-state index in [0.29, 0.717) is 24.3 Å². The Bertz CT molecular complexity index is 426. The third-order valence-electron chi connectivity index (χ3n) is 2.20. The summed E-state index contributed by atoms with van der Waals surface area (Å²) < 4.78 is 13.2. The SMILES string of the molecule is N#Cc1ccc(C(=O)CCCCCl)cc1F. The summed E-state index contributed by atoms with van der Waals surface area (Å²) in [6, 6.07) is 5.62. The van der Waals surface area contributed by atoms with Crippen LogP contribution in [-0.2, 0) is 0 Å². The van der Waals surface area contributed by atoms with Crippen molar-refractivity contribution in [3.8, 4) is 6.07 Å². The van der Waals surface area contributed by atoms with E-state index in [9.17, 15) is 9.18 Å². The smallest absolute Gasteiger partial charge is 0.162 e. The fourth-order valence-electron chi connectivity index (χ4n) is 1.30. The van der Waals surface area contributed by atoms with E-state index in [1.54, 1.807) is 6.07 Å². The van der Waals surface area contributed by atoms with E-state index in [-0.39, 0.29) is 11.3 Å². The van der Waals surface area contributed by atoms with E-state index in [2.05, 4.69) is 0 Å². The summed E-state index contributed by atoms with van der Waals surface area (Å²) in [6.07, 6.45) is 1.83. The Morgan fingerprint density at radius 3 is 2.75 bits per heavy atom. The number of unbranched alkanes of at least 4 members (excludes halogenated alkanes) is 1. The quantitative estimate of drug-likeness (QED) is 0.449. The number of nitrogens with zero attached hydrogens (tertiary/aromatic N) is 1. The van der Waals surface area contributed by atoms with E-state index in [1.807, 2.05) is 0 Å². The van der Waals surface area contributed by atoms with Crippen LogP contribution >= 0.6 is 11.6 Å². The van der Waals surface area contributed by atoms with Gasteiger partial charge in [-0.1, -0.05) is 0 Å². The van der Waals surface area contributed by atoms with Gasteiger partial charge in [-0.2, -0.15) is 5.26 Å². The van der Waals surface area contributed by atoms with Gasteiger partial charge in [-0.05, 0) is 31.0 Å². The number of halogens is 2. The monoisotopic (exact) mass is 239 g/mol. The Morgan fingerprint density at radius 2 is 2.19 bits per heavy atom. The first-order valence-electron chi connectivity index (χ1n) is 4.98. The molecule has 0 saturated carbocycles. The molecule has 1 rings (SSSR count). The third kappa shape index (κ3) is 3.32. The van der Waals surface area contributed by atoms with Crippen molar-refractivity contribution < 1.29 is 9.18 Å². The number of nitriles is 1. The molecule has 0 fully saturated rings. The zero-order valence-electron chi connectivity index (χ0n) is 8.67. The summed E-state index contributed by atoms with van der Waals surface area (Å²) in [6.45, 7) is 0. The molecule has 0 saturated heterocycles. The molecule has 0 aliphatic carbocycles. The Kier molecular flexibility index (Phi) is 4.94. The van der Waals surface area contributed by atoms with Gasteiger partial charge >= 0.3 is 0 Å². The second-order valence-electron chi connectivity index (χ2n) is 3.38. The van der Waals surface area contributed by atoms with Crippen molar-refractivity contribution in [2.75, 3.05) is 5.88 Å². The number of alkyl halides is 1. The number of hydrogen-bond donors (Lipinski definition) is 0. The van der Waals surface area contributed by atoms with E-state index < -0.39 is 5.82 Å². The second-order valence-corrected chi connectivity index (χ2v) is 3.75. The van der Waals surface area contributed by atoms with Crippen LogP contribution in [0.25, 0.3) is 0 Å². The summed E-state index contributed by atoms with van der Waals surface area (Å²) in [5.74, 6) is -0.242. The topological polar surface area (TPSA) is 40.9 Å². The molecule has 0 bridgehead atoms. The van der Waals surface area contributed by atoms with Crippen LogP contribution in [0.3, 0.4) is 0 Å². The molecule has 0 heterocycles. The minimum atomic E-state index is -0.648. The minimum Gasteiger partial charge on any atom is -0.294 e. The van der Waals surface area contributed by atoms with Gasteiger partial charge < -0.3 is 0 Å². The van der Waals surface area contributed by atoms with Gasteiger partial charge in [0, 0.05) is 17.9 Å². The molecule has 0 N–H and O–H groups in total. The first-order valence-corrected chi connectivity index (χ1v) is 5.51. The summed E-state index contributed by atoms with van der Waals surface area (Å²) in [4.78, 5) is 11.6. The van der Waals surface area contributed by atoms with Crippen LogP contribution in [0.2, 0.25) is 0 Å². The fraction of sp³-hybridized carbons (Fsp3) is 0.333. The van der Waals surface area contributed by atoms with E-state index >= 15 is 0 Å². The molecule has 0 aromatic heterocycles. The highest BCUT2D eigenvalue weighted by molar-refractivity contribution is 6.17. The van der Waals surface area contributed by atoms with Crippen LogP contribution in [0.5, 0.6) is 0 Å². The Balaban J connectivity index is 2.70. The van der Waals surface area contributed by atoms with Gasteiger partial charge in [0.05, 0.1) is 5.56 Å². The Labute approximate surface area is 98.6 Å². The fourth-order valence-corrected chi connectivity index (χ4v) is 1.49. The number of rotatable bonds is 5. The van der Waals surface area contributed by atoms with E-state index in [4.69, 9.17) is 16.9 Å². The number of hydrogen-bond acceptors (Lipinski definition) is 2. The number of Topliss-reactive ketones (excluding diaryl/α,β-unsaturated/α-hetero) is 1. The van der Waals surface area contributed by atoms with Crippen LogP contribution in [0.15, 0.2) is 18.2 Å². The summed E-state index contributed by atoms with van der Waals surface area (Å²) in [5, 5.41) is 8.53. The lowest BCUT2D eigenvalue weighted by Gasteiger charge is -2.01. The van der Waals surface area contributed by atoms with Crippen molar-refractivity contribution in [3.05, 3.63) is 35.1 Å². The maximum atomic E-state index is 13.2. The molecule has 1 aromatic carbocycles. The average Bonchev–Trinajstić information content (AvgIpc) is 2.29. The third-order valence-corrected chi connectivity index (χ3v) is 2.47. The molecular weight excluding hydrogens is 229 g/mol. The van der Waals surface area contributed by atoms with Crippen molar-refractivity contribution in [1.29, 1.82) is 5.26 Å². The van der Waals surface area contributed by atoms with Crippen molar-refractivity contribution in [2.24, 2.45) is 0 Å². The predicted octanol–water partition coefficient (Wildman–Crippen LogP) is 3.29. The lowest BCUT2D eigenvalue weighted by molar-refractivity contribution is 0.0979. The lowest BCUT2D eigenvalue weighted by atomic mass is 10.0. The first-order chi connectivity index (χ1) is 7.69. The van der Waals surface area contributed by atoms with Crippen LogP contribution in [0.4, 0.5) is 4.39 Å². The largest absolute Gasteiger partial charge is 0.294 e. The normalized spacial score (nSPS) is 9.81. The maximum Gasteiger partial charge on any atom is 0.162 e. The molecule has 4 heteroatoms. The zero-order valence-corrected chi connectivity index (χ0v) is 9.43. The van der Waals surface area contributed by atoms with Crippen molar-refractivity contribution in [3.63, 3.8) is 0 Å². The molecule has 0 amide bonds. The lowest BCUT2D eigenvalue weighted by Crippen LogP contribution is -2.00. The Hall–Kier alpha value is -1.40. The first kappa shape index (κ1) is 12.7. The number of benzene rings is 1. The number of carbonyl (C=O) groups is 1. The van der Waals surface area contributed by atoms with Crippen molar-refractivity contribution >= 4 is 17.4 Å². The number of ketones is 1. The van der Waals surface area contributed by atoms with Crippen molar-refractivity contribution in [1.82, 2.24) is 0 Å². The molecule has 0 aliphatic heterocycles. The molecule has 0 radical (unpaired) electrons. The van der Waals surface area contributed by atoms with Crippen LogP contribution in [0.1, 0.15) is 35.2 Å². The second kappa shape index (κ2) is 6.24. The predicted molar refractivity (Wildman–Crippen MR) is 60.0 cm³/mol. The molecule has 2 nitrogen and oxygen atoms in total. The molecule has 16 heavy (non-hydrogen) atoms. The Morgan fingerprint density at radius 1 is 1.44 bits per heavy atom. The zero-order chi connectivity index (χ0) is 12.0. The van der Waals surface area contributed by atoms with Gasteiger partial charge in [0.25, 0.3) is 0 Å².